The highest BCUT2D eigenvalue weighted by Gasteiger charge is 2.42. The fourth-order valence-corrected chi connectivity index (χ4v) is 3.26. The number of thiazole rings is 1. The van der Waals surface area contributed by atoms with Crippen molar-refractivity contribution in [2.24, 2.45) is 5.73 Å². The quantitative estimate of drug-likeness (QED) is 0.929. The highest BCUT2D eigenvalue weighted by molar-refractivity contribution is 7.11. The van der Waals surface area contributed by atoms with Crippen molar-refractivity contribution in [3.8, 4) is 0 Å². The van der Waals surface area contributed by atoms with Crippen molar-refractivity contribution in [3.05, 3.63) is 16.1 Å². The van der Waals surface area contributed by atoms with E-state index in [1.165, 1.54) is 6.20 Å². The molecule has 1 aromatic heterocycles. The third-order valence-corrected chi connectivity index (χ3v) is 4.54. The van der Waals surface area contributed by atoms with E-state index in [1.54, 1.807) is 0 Å². The van der Waals surface area contributed by atoms with Crippen LogP contribution in [0.3, 0.4) is 0 Å². The van der Waals surface area contributed by atoms with Crippen LogP contribution in [-0.4, -0.2) is 30.4 Å². The van der Waals surface area contributed by atoms with Crippen molar-refractivity contribution in [2.75, 3.05) is 19.8 Å². The first-order valence-corrected chi connectivity index (χ1v) is 7.21. The summed E-state index contributed by atoms with van der Waals surface area (Å²) in [6, 6.07) is -0.625. The normalized spacial score (nSPS) is 20.9. The van der Waals surface area contributed by atoms with Crippen molar-refractivity contribution in [3.63, 3.8) is 0 Å². The van der Waals surface area contributed by atoms with Gasteiger partial charge in [-0.25, -0.2) is 4.98 Å². The van der Waals surface area contributed by atoms with Crippen LogP contribution in [0.1, 0.15) is 35.7 Å². The summed E-state index contributed by atoms with van der Waals surface area (Å²) in [5, 5.41) is -0.873. The number of hydrogen-bond acceptors (Lipinski definition) is 5. The fraction of sp³-hybridized carbons (Fsp3) is 0.750. The second-order valence-electron chi connectivity index (χ2n) is 4.65. The lowest BCUT2D eigenvalue weighted by Crippen LogP contribution is -2.47. The number of ether oxygens (including phenoxy) is 2. The average molecular weight is 310 g/mol. The molecule has 0 saturated carbocycles. The Hall–Kier alpha value is -0.700. The van der Waals surface area contributed by atoms with Crippen LogP contribution in [0.2, 0.25) is 0 Å². The van der Waals surface area contributed by atoms with Gasteiger partial charge in [-0.2, -0.15) is 13.2 Å². The van der Waals surface area contributed by atoms with Gasteiger partial charge in [0, 0.05) is 43.7 Å². The number of nitrogens with zero attached hydrogens (tertiary/aromatic N) is 1. The van der Waals surface area contributed by atoms with Gasteiger partial charge in [0.15, 0.2) is 5.01 Å². The first-order chi connectivity index (χ1) is 9.39. The lowest BCUT2D eigenvalue weighted by atomic mass is 9.85. The second kappa shape index (κ2) is 5.97. The van der Waals surface area contributed by atoms with Crippen molar-refractivity contribution < 1.29 is 22.6 Å². The molecule has 0 spiro atoms. The Morgan fingerprint density at radius 3 is 2.65 bits per heavy atom. The Bertz CT molecular complexity index is 439. The Labute approximate surface area is 119 Å². The van der Waals surface area contributed by atoms with Crippen LogP contribution < -0.4 is 5.73 Å². The Morgan fingerprint density at radius 1 is 1.50 bits per heavy atom. The van der Waals surface area contributed by atoms with E-state index in [4.69, 9.17) is 15.2 Å². The van der Waals surface area contributed by atoms with Crippen molar-refractivity contribution in [1.82, 2.24) is 4.98 Å². The number of halogens is 3. The molecule has 2 rings (SSSR count). The third-order valence-electron chi connectivity index (χ3n) is 3.41. The van der Waals surface area contributed by atoms with Crippen LogP contribution in [0, 0.1) is 0 Å². The van der Waals surface area contributed by atoms with Gasteiger partial charge in [0.25, 0.3) is 0 Å². The number of aromatic nitrogens is 1. The van der Waals surface area contributed by atoms with Crippen LogP contribution in [-0.2, 0) is 15.7 Å². The standard InChI is InChI=1S/C12H17F3N2O2S/c1-2-19-11(3-5-18-6-4-11)9(16)8-7-17-10(20-8)12(13,14)15/h7,9H,2-6,16H2,1H3. The van der Waals surface area contributed by atoms with Gasteiger partial charge in [0.2, 0.25) is 0 Å². The predicted octanol–water partition coefficient (Wildman–Crippen LogP) is 2.75. The van der Waals surface area contributed by atoms with Gasteiger partial charge >= 0.3 is 6.18 Å². The van der Waals surface area contributed by atoms with Gasteiger partial charge in [-0.3, -0.25) is 0 Å². The molecule has 1 fully saturated rings. The minimum Gasteiger partial charge on any atom is -0.381 e. The maximum atomic E-state index is 12.6. The van der Waals surface area contributed by atoms with Crippen LogP contribution in [0.25, 0.3) is 0 Å². The molecule has 2 heterocycles. The smallest absolute Gasteiger partial charge is 0.381 e. The number of hydrogen-bond donors (Lipinski definition) is 1. The summed E-state index contributed by atoms with van der Waals surface area (Å²) in [7, 11) is 0. The molecule has 1 saturated heterocycles. The highest BCUT2D eigenvalue weighted by atomic mass is 32.1. The minimum absolute atomic E-state index is 0.396. The zero-order chi connectivity index (χ0) is 14.8. The van der Waals surface area contributed by atoms with Crippen molar-refractivity contribution >= 4 is 11.3 Å². The minimum atomic E-state index is -4.43. The van der Waals surface area contributed by atoms with Gasteiger partial charge < -0.3 is 15.2 Å². The van der Waals surface area contributed by atoms with Crippen LogP contribution in [0.15, 0.2) is 6.20 Å². The van der Waals surface area contributed by atoms with Gasteiger partial charge in [-0.15, -0.1) is 11.3 Å². The topological polar surface area (TPSA) is 57.4 Å². The maximum absolute atomic E-state index is 12.6. The molecule has 2 N–H and O–H groups in total. The summed E-state index contributed by atoms with van der Waals surface area (Å²) in [4.78, 5) is 3.82. The summed E-state index contributed by atoms with van der Waals surface area (Å²) in [6.45, 7) is 3.30. The van der Waals surface area contributed by atoms with E-state index >= 15 is 0 Å². The summed E-state index contributed by atoms with van der Waals surface area (Å²) in [5.41, 5.74) is 5.51. The van der Waals surface area contributed by atoms with E-state index < -0.39 is 22.8 Å². The average Bonchev–Trinajstić information content (AvgIpc) is 2.88. The molecular weight excluding hydrogens is 293 g/mol. The molecule has 0 aliphatic carbocycles. The van der Waals surface area contributed by atoms with Crippen LogP contribution in [0.5, 0.6) is 0 Å². The lowest BCUT2D eigenvalue weighted by molar-refractivity contribution is -0.137. The molecule has 0 aromatic carbocycles. The second-order valence-corrected chi connectivity index (χ2v) is 5.72. The van der Waals surface area contributed by atoms with E-state index in [1.807, 2.05) is 6.92 Å². The van der Waals surface area contributed by atoms with E-state index in [0.717, 1.165) is 0 Å². The van der Waals surface area contributed by atoms with Gasteiger partial charge in [0.05, 0.1) is 11.6 Å². The Morgan fingerprint density at radius 2 is 2.15 bits per heavy atom. The van der Waals surface area contributed by atoms with E-state index in [-0.39, 0.29) is 0 Å². The third kappa shape index (κ3) is 3.13. The van der Waals surface area contributed by atoms with Gasteiger partial charge in [-0.1, -0.05) is 0 Å². The summed E-state index contributed by atoms with van der Waals surface area (Å²) in [5.74, 6) is 0. The molecule has 20 heavy (non-hydrogen) atoms. The summed E-state index contributed by atoms with van der Waals surface area (Å²) < 4.78 is 48.9. The van der Waals surface area contributed by atoms with Crippen LogP contribution >= 0.6 is 11.3 Å². The Balaban J connectivity index is 2.23. The Kier molecular flexibility index (Phi) is 4.68. The molecule has 1 aliphatic heterocycles. The van der Waals surface area contributed by atoms with E-state index in [2.05, 4.69) is 4.98 Å². The number of rotatable bonds is 4. The largest absolute Gasteiger partial charge is 0.443 e. The molecule has 1 aromatic rings. The first-order valence-electron chi connectivity index (χ1n) is 6.39. The highest BCUT2D eigenvalue weighted by Crippen LogP contribution is 2.40. The molecule has 114 valence electrons. The molecule has 1 atom stereocenters. The zero-order valence-electron chi connectivity index (χ0n) is 11.1. The summed E-state index contributed by atoms with van der Waals surface area (Å²) >= 11 is 0.584. The predicted molar refractivity (Wildman–Crippen MR) is 68.5 cm³/mol. The number of nitrogens with two attached hydrogens (primary N) is 1. The van der Waals surface area contributed by atoms with Crippen molar-refractivity contribution in [2.45, 2.75) is 37.6 Å². The van der Waals surface area contributed by atoms with E-state index in [0.29, 0.717) is 48.9 Å². The van der Waals surface area contributed by atoms with Gasteiger partial charge in [-0.05, 0) is 6.92 Å². The zero-order valence-corrected chi connectivity index (χ0v) is 11.9. The van der Waals surface area contributed by atoms with Gasteiger partial charge in [0.1, 0.15) is 0 Å². The lowest BCUT2D eigenvalue weighted by Gasteiger charge is -2.40. The molecule has 0 radical (unpaired) electrons. The number of alkyl halides is 3. The van der Waals surface area contributed by atoms with Crippen LogP contribution in [0.4, 0.5) is 13.2 Å². The maximum Gasteiger partial charge on any atom is 0.443 e. The SMILES string of the molecule is CCOC1(C(N)c2cnc(C(F)(F)F)s2)CCOCC1. The molecule has 1 aliphatic rings. The molecule has 1 unspecified atom stereocenters. The first kappa shape index (κ1) is 15.7. The molecule has 0 bridgehead atoms. The molecule has 0 amide bonds. The molecular formula is C12H17F3N2O2S. The molecule has 8 heteroatoms. The monoisotopic (exact) mass is 310 g/mol. The van der Waals surface area contributed by atoms with E-state index in [9.17, 15) is 13.2 Å². The van der Waals surface area contributed by atoms with Crippen molar-refractivity contribution in [1.29, 1.82) is 0 Å². The molecule has 4 nitrogen and oxygen atoms in total. The summed E-state index contributed by atoms with van der Waals surface area (Å²) in [6.07, 6.45) is -2.09. The fourth-order valence-electron chi connectivity index (χ4n) is 2.37.